The van der Waals surface area contributed by atoms with Crippen LogP contribution in [0.2, 0.25) is 0 Å². The molecular weight excluding hydrogens is 364 g/mol. The van der Waals surface area contributed by atoms with Crippen molar-refractivity contribution in [2.75, 3.05) is 18.5 Å². The standard InChI is InChI=1S/C21H21F2N3O2/c1-12(2)18(13-7-8-16-17(11-13)28-10-9-27-16)25-20-14-5-3-4-6-15(14)24-21(26-20)19(22)23/h3-8,11-12,18-19H,9-10H2,1-2H3,(H,24,25,26)/t18-/m1/s1. The molecular formula is C21H21F2N3O2. The molecule has 0 saturated carbocycles. The number of nitrogens with one attached hydrogen (secondary N) is 1. The Hall–Kier alpha value is -2.96. The Labute approximate surface area is 161 Å². The summed E-state index contributed by atoms with van der Waals surface area (Å²) in [5.41, 5.74) is 1.46. The highest BCUT2D eigenvalue weighted by Gasteiger charge is 2.22. The predicted octanol–water partition coefficient (Wildman–Crippen LogP) is 5.15. The van der Waals surface area contributed by atoms with Crippen molar-refractivity contribution in [3.05, 3.63) is 53.9 Å². The number of fused-ring (bicyclic) bond motifs is 2. The second-order valence-corrected chi connectivity index (χ2v) is 7.02. The van der Waals surface area contributed by atoms with E-state index in [2.05, 4.69) is 29.1 Å². The lowest BCUT2D eigenvalue weighted by molar-refractivity contribution is 0.141. The average Bonchev–Trinajstić information content (AvgIpc) is 2.71. The lowest BCUT2D eigenvalue weighted by Crippen LogP contribution is -2.20. The molecule has 0 spiro atoms. The highest BCUT2D eigenvalue weighted by molar-refractivity contribution is 5.89. The maximum Gasteiger partial charge on any atom is 0.297 e. The minimum absolute atomic E-state index is 0.153. The molecule has 5 nitrogen and oxygen atoms in total. The highest BCUT2D eigenvalue weighted by Crippen LogP contribution is 2.36. The zero-order chi connectivity index (χ0) is 19.7. The van der Waals surface area contributed by atoms with Gasteiger partial charge in [-0.25, -0.2) is 18.7 Å². The number of halogens is 2. The Morgan fingerprint density at radius 2 is 1.71 bits per heavy atom. The summed E-state index contributed by atoms with van der Waals surface area (Å²) in [6, 6.07) is 12.8. The van der Waals surface area contributed by atoms with E-state index in [1.807, 2.05) is 30.3 Å². The highest BCUT2D eigenvalue weighted by atomic mass is 19.3. The van der Waals surface area contributed by atoms with Crippen molar-refractivity contribution in [2.45, 2.75) is 26.3 Å². The molecule has 0 amide bonds. The van der Waals surface area contributed by atoms with Crippen molar-refractivity contribution < 1.29 is 18.3 Å². The SMILES string of the molecule is CC(C)[C@@H](Nc1nc(C(F)F)nc2ccccc12)c1ccc2c(c1)OCCO2. The number of hydrogen-bond acceptors (Lipinski definition) is 5. The van der Waals surface area contributed by atoms with E-state index in [4.69, 9.17) is 9.47 Å². The number of para-hydroxylation sites is 1. The van der Waals surface area contributed by atoms with Gasteiger partial charge in [0, 0.05) is 5.39 Å². The number of ether oxygens (including phenoxy) is 2. The molecule has 0 fully saturated rings. The van der Waals surface area contributed by atoms with E-state index < -0.39 is 12.2 Å². The van der Waals surface area contributed by atoms with Gasteiger partial charge < -0.3 is 14.8 Å². The average molecular weight is 385 g/mol. The van der Waals surface area contributed by atoms with Crippen LogP contribution in [0.4, 0.5) is 14.6 Å². The number of anilines is 1. The second-order valence-electron chi connectivity index (χ2n) is 7.02. The molecule has 1 aromatic heterocycles. The molecule has 28 heavy (non-hydrogen) atoms. The van der Waals surface area contributed by atoms with Gasteiger partial charge in [0.25, 0.3) is 6.43 Å². The molecule has 0 radical (unpaired) electrons. The third-order valence-corrected chi connectivity index (χ3v) is 4.70. The first-order chi connectivity index (χ1) is 13.5. The minimum Gasteiger partial charge on any atom is -0.486 e. The third kappa shape index (κ3) is 3.56. The zero-order valence-electron chi connectivity index (χ0n) is 15.7. The van der Waals surface area contributed by atoms with Crippen LogP contribution < -0.4 is 14.8 Å². The van der Waals surface area contributed by atoms with Crippen LogP contribution in [0.1, 0.15) is 37.7 Å². The second kappa shape index (κ2) is 7.58. The topological polar surface area (TPSA) is 56.3 Å². The number of nitrogens with zero attached hydrogens (tertiary/aromatic N) is 2. The van der Waals surface area contributed by atoms with Gasteiger partial charge in [-0.15, -0.1) is 0 Å². The fraction of sp³-hybridized carbons (Fsp3) is 0.333. The summed E-state index contributed by atoms with van der Waals surface area (Å²) < 4.78 is 37.9. The maximum atomic E-state index is 13.3. The summed E-state index contributed by atoms with van der Waals surface area (Å²) in [5.74, 6) is 1.49. The number of aromatic nitrogens is 2. The van der Waals surface area contributed by atoms with Crippen molar-refractivity contribution in [3.63, 3.8) is 0 Å². The van der Waals surface area contributed by atoms with E-state index >= 15 is 0 Å². The summed E-state index contributed by atoms with van der Waals surface area (Å²) in [6.07, 6.45) is -2.74. The fourth-order valence-electron chi connectivity index (χ4n) is 3.34. The Bertz CT molecular complexity index is 995. The predicted molar refractivity (Wildman–Crippen MR) is 103 cm³/mol. The van der Waals surface area contributed by atoms with Crippen LogP contribution in [-0.2, 0) is 0 Å². The molecule has 146 valence electrons. The Kier molecular flexibility index (Phi) is 4.98. The molecule has 2 heterocycles. The first kappa shape index (κ1) is 18.4. The van der Waals surface area contributed by atoms with Gasteiger partial charge in [-0.1, -0.05) is 32.0 Å². The molecule has 4 rings (SSSR count). The van der Waals surface area contributed by atoms with Gasteiger partial charge >= 0.3 is 0 Å². The van der Waals surface area contributed by atoms with Gasteiger partial charge in [-0.2, -0.15) is 0 Å². The van der Waals surface area contributed by atoms with E-state index in [9.17, 15) is 8.78 Å². The summed E-state index contributed by atoms with van der Waals surface area (Å²) in [6.45, 7) is 5.16. The summed E-state index contributed by atoms with van der Waals surface area (Å²) in [5, 5.41) is 4.06. The number of benzene rings is 2. The molecule has 1 N–H and O–H groups in total. The van der Waals surface area contributed by atoms with Gasteiger partial charge in [-0.05, 0) is 35.7 Å². The first-order valence-corrected chi connectivity index (χ1v) is 9.24. The third-order valence-electron chi connectivity index (χ3n) is 4.70. The Morgan fingerprint density at radius 3 is 2.46 bits per heavy atom. The van der Waals surface area contributed by atoms with Crippen molar-refractivity contribution in [3.8, 4) is 11.5 Å². The normalized spacial score (nSPS) is 14.5. The van der Waals surface area contributed by atoms with E-state index in [0.29, 0.717) is 41.4 Å². The van der Waals surface area contributed by atoms with Crippen molar-refractivity contribution in [2.24, 2.45) is 5.92 Å². The van der Waals surface area contributed by atoms with Gasteiger partial charge in [0.1, 0.15) is 19.0 Å². The first-order valence-electron chi connectivity index (χ1n) is 9.24. The van der Waals surface area contributed by atoms with Gasteiger partial charge in [0.05, 0.1) is 11.6 Å². The molecule has 1 aliphatic heterocycles. The lowest BCUT2D eigenvalue weighted by atomic mass is 9.95. The summed E-state index contributed by atoms with van der Waals surface area (Å²) >= 11 is 0. The van der Waals surface area contributed by atoms with Crippen molar-refractivity contribution >= 4 is 16.7 Å². The molecule has 1 atom stereocenters. The molecule has 7 heteroatoms. The van der Waals surface area contributed by atoms with Crippen LogP contribution in [0.25, 0.3) is 10.9 Å². The Morgan fingerprint density at radius 1 is 0.964 bits per heavy atom. The van der Waals surface area contributed by atoms with Crippen molar-refractivity contribution in [1.82, 2.24) is 9.97 Å². The fourth-order valence-corrected chi connectivity index (χ4v) is 3.34. The molecule has 0 aliphatic carbocycles. The minimum atomic E-state index is -2.74. The van der Waals surface area contributed by atoms with E-state index in [1.54, 1.807) is 12.1 Å². The number of hydrogen-bond donors (Lipinski definition) is 1. The summed E-state index contributed by atoms with van der Waals surface area (Å²) in [4.78, 5) is 8.09. The van der Waals surface area contributed by atoms with Crippen molar-refractivity contribution in [1.29, 1.82) is 0 Å². The molecule has 0 saturated heterocycles. The Balaban J connectivity index is 1.75. The summed E-state index contributed by atoms with van der Waals surface area (Å²) in [7, 11) is 0. The molecule has 1 aliphatic rings. The van der Waals surface area contributed by atoms with Gasteiger partial charge in [0.15, 0.2) is 17.3 Å². The largest absolute Gasteiger partial charge is 0.486 e. The van der Waals surface area contributed by atoms with Crippen LogP contribution in [0.15, 0.2) is 42.5 Å². The van der Waals surface area contributed by atoms with Gasteiger partial charge in [0.2, 0.25) is 0 Å². The molecule has 0 bridgehead atoms. The lowest BCUT2D eigenvalue weighted by Gasteiger charge is -2.26. The van der Waals surface area contributed by atoms with E-state index in [-0.39, 0.29) is 12.0 Å². The van der Waals surface area contributed by atoms with Crippen LogP contribution in [0, 0.1) is 5.92 Å². The molecule has 3 aromatic rings. The van der Waals surface area contributed by atoms with Crippen LogP contribution in [-0.4, -0.2) is 23.2 Å². The quantitative estimate of drug-likeness (QED) is 0.658. The molecule has 0 unspecified atom stereocenters. The van der Waals surface area contributed by atoms with E-state index in [0.717, 1.165) is 5.56 Å². The smallest absolute Gasteiger partial charge is 0.297 e. The molecule has 2 aromatic carbocycles. The number of rotatable bonds is 5. The van der Waals surface area contributed by atoms with Crippen LogP contribution >= 0.6 is 0 Å². The monoisotopic (exact) mass is 385 g/mol. The maximum absolute atomic E-state index is 13.3. The van der Waals surface area contributed by atoms with E-state index in [1.165, 1.54) is 0 Å². The van der Waals surface area contributed by atoms with Gasteiger partial charge in [-0.3, -0.25) is 0 Å². The van der Waals surface area contributed by atoms with Crippen LogP contribution in [0.3, 0.4) is 0 Å². The number of alkyl halides is 2. The zero-order valence-corrected chi connectivity index (χ0v) is 15.7. The van der Waals surface area contributed by atoms with Crippen LogP contribution in [0.5, 0.6) is 11.5 Å².